The lowest BCUT2D eigenvalue weighted by Crippen LogP contribution is -2.40. The predicted molar refractivity (Wildman–Crippen MR) is 79.4 cm³/mol. The molecule has 0 fully saturated rings. The number of hydrogen-bond donors (Lipinski definition) is 0. The molecule has 21 heavy (non-hydrogen) atoms. The highest BCUT2D eigenvalue weighted by molar-refractivity contribution is 5.75. The van der Waals surface area contributed by atoms with Crippen LogP contribution in [0.3, 0.4) is 0 Å². The third kappa shape index (κ3) is 2.81. The lowest BCUT2D eigenvalue weighted by Gasteiger charge is -2.11. The van der Waals surface area contributed by atoms with Gasteiger partial charge in [-0.05, 0) is 26.7 Å². The maximum atomic E-state index is 12.4. The first-order chi connectivity index (χ1) is 9.97. The summed E-state index contributed by atoms with van der Waals surface area (Å²) in [4.78, 5) is 35.7. The van der Waals surface area contributed by atoms with Gasteiger partial charge in [0.2, 0.25) is 0 Å². The summed E-state index contributed by atoms with van der Waals surface area (Å²) in [5.74, 6) is 0.121. The lowest BCUT2D eigenvalue weighted by atomic mass is 10.2. The van der Waals surface area contributed by atoms with Crippen molar-refractivity contribution >= 4 is 16.8 Å². The molecule has 0 aromatic carbocycles. The van der Waals surface area contributed by atoms with Crippen molar-refractivity contribution < 1.29 is 4.79 Å². The summed E-state index contributed by atoms with van der Waals surface area (Å²) < 4.78 is 4.34. The van der Waals surface area contributed by atoms with E-state index in [0.717, 1.165) is 0 Å². The fourth-order valence-electron chi connectivity index (χ4n) is 2.50. The molecule has 114 valence electrons. The molecule has 0 amide bonds. The molecule has 0 radical (unpaired) electrons. The van der Waals surface area contributed by atoms with Crippen LogP contribution < -0.4 is 11.2 Å². The Morgan fingerprint density at radius 2 is 1.95 bits per heavy atom. The molecule has 2 aromatic heterocycles. The quantitative estimate of drug-likeness (QED) is 0.733. The van der Waals surface area contributed by atoms with Crippen LogP contribution in [-0.4, -0.2) is 24.7 Å². The minimum Gasteiger partial charge on any atom is -0.300 e. The van der Waals surface area contributed by atoms with Gasteiger partial charge in [0, 0.05) is 26.6 Å². The van der Waals surface area contributed by atoms with Crippen LogP contribution in [0.15, 0.2) is 15.8 Å². The number of rotatable bonds is 6. The van der Waals surface area contributed by atoms with Gasteiger partial charge in [0.1, 0.15) is 16.8 Å². The highest BCUT2D eigenvalue weighted by atomic mass is 16.2. The predicted octanol–water partition coefficient (Wildman–Crippen LogP) is 0.676. The first-order valence-corrected chi connectivity index (χ1v) is 7.12. The number of nitrogens with zero attached hydrogens (tertiary/aromatic N) is 4. The minimum absolute atomic E-state index is 0.121. The number of carbonyl (C=O) groups is 1. The molecule has 0 spiro atoms. The standard InChI is InChI=1S/C14H20N4O3/c1-4-17-12-11(9-15-16(12)3)13(20)18(14(17)21)8-6-5-7-10(2)19/h9H,4-8H2,1-3H3. The van der Waals surface area contributed by atoms with Gasteiger partial charge in [-0.1, -0.05) is 0 Å². The molecule has 0 saturated heterocycles. The number of unbranched alkanes of at least 4 members (excludes halogenated alkanes) is 1. The van der Waals surface area contributed by atoms with Crippen molar-refractivity contribution in [1.29, 1.82) is 0 Å². The Kier molecular flexibility index (Phi) is 4.40. The van der Waals surface area contributed by atoms with Crippen molar-refractivity contribution in [1.82, 2.24) is 18.9 Å². The van der Waals surface area contributed by atoms with Gasteiger partial charge >= 0.3 is 5.69 Å². The second-order valence-corrected chi connectivity index (χ2v) is 5.15. The van der Waals surface area contributed by atoms with E-state index < -0.39 is 0 Å². The van der Waals surface area contributed by atoms with Gasteiger partial charge in [0.25, 0.3) is 5.56 Å². The molecular formula is C14H20N4O3. The maximum Gasteiger partial charge on any atom is 0.332 e. The zero-order valence-electron chi connectivity index (χ0n) is 12.6. The van der Waals surface area contributed by atoms with Gasteiger partial charge in [-0.15, -0.1) is 0 Å². The summed E-state index contributed by atoms with van der Waals surface area (Å²) in [6, 6.07) is 0. The number of hydrogen-bond acceptors (Lipinski definition) is 4. The summed E-state index contributed by atoms with van der Waals surface area (Å²) in [7, 11) is 1.71. The van der Waals surface area contributed by atoms with Gasteiger partial charge in [-0.25, -0.2) is 4.79 Å². The molecule has 0 unspecified atom stereocenters. The number of aryl methyl sites for hydroxylation is 2. The van der Waals surface area contributed by atoms with Crippen molar-refractivity contribution in [3.05, 3.63) is 27.0 Å². The Morgan fingerprint density at radius 1 is 1.24 bits per heavy atom. The Balaban J connectivity index is 2.42. The second kappa shape index (κ2) is 6.07. The van der Waals surface area contributed by atoms with E-state index in [2.05, 4.69) is 5.10 Å². The van der Waals surface area contributed by atoms with E-state index in [1.54, 1.807) is 16.3 Å². The van der Waals surface area contributed by atoms with E-state index >= 15 is 0 Å². The zero-order valence-corrected chi connectivity index (χ0v) is 12.6. The molecule has 0 aliphatic rings. The maximum absolute atomic E-state index is 12.4. The van der Waals surface area contributed by atoms with E-state index in [9.17, 15) is 14.4 Å². The van der Waals surface area contributed by atoms with Crippen molar-refractivity contribution in [3.63, 3.8) is 0 Å². The molecule has 0 aliphatic carbocycles. The molecule has 2 heterocycles. The summed E-state index contributed by atoms with van der Waals surface area (Å²) in [5.41, 5.74) is -0.0791. The smallest absolute Gasteiger partial charge is 0.300 e. The largest absolute Gasteiger partial charge is 0.332 e. The van der Waals surface area contributed by atoms with Crippen molar-refractivity contribution in [2.24, 2.45) is 7.05 Å². The molecule has 0 bridgehead atoms. The first kappa shape index (κ1) is 15.2. The average Bonchev–Trinajstić information content (AvgIpc) is 2.81. The normalized spacial score (nSPS) is 11.2. The Labute approximate surface area is 121 Å². The Bertz CT molecular complexity index is 782. The highest BCUT2D eigenvalue weighted by Gasteiger charge is 2.15. The van der Waals surface area contributed by atoms with Gasteiger partial charge in [-0.3, -0.25) is 18.6 Å². The number of ketones is 1. The number of aromatic nitrogens is 4. The van der Waals surface area contributed by atoms with Crippen molar-refractivity contribution in [2.75, 3.05) is 0 Å². The van der Waals surface area contributed by atoms with Crippen LogP contribution in [0.2, 0.25) is 0 Å². The van der Waals surface area contributed by atoms with E-state index in [0.29, 0.717) is 43.4 Å². The van der Waals surface area contributed by atoms with E-state index in [1.807, 2.05) is 6.92 Å². The number of carbonyl (C=O) groups excluding carboxylic acids is 1. The van der Waals surface area contributed by atoms with E-state index in [4.69, 9.17) is 0 Å². The van der Waals surface area contributed by atoms with Crippen LogP contribution >= 0.6 is 0 Å². The van der Waals surface area contributed by atoms with Crippen LogP contribution in [0, 0.1) is 0 Å². The number of Topliss-reactive ketones (excluding diaryl/α,β-unsaturated/α-hetero) is 1. The second-order valence-electron chi connectivity index (χ2n) is 5.15. The van der Waals surface area contributed by atoms with Gasteiger partial charge in [-0.2, -0.15) is 5.10 Å². The molecule has 2 aromatic rings. The third-order valence-electron chi connectivity index (χ3n) is 3.58. The minimum atomic E-state index is -0.318. The Hall–Kier alpha value is -2.18. The summed E-state index contributed by atoms with van der Waals surface area (Å²) in [6.07, 6.45) is 3.28. The van der Waals surface area contributed by atoms with E-state index in [1.165, 1.54) is 17.7 Å². The van der Waals surface area contributed by atoms with Gasteiger partial charge < -0.3 is 4.79 Å². The van der Waals surface area contributed by atoms with Crippen LogP contribution in [0.4, 0.5) is 0 Å². The Morgan fingerprint density at radius 3 is 2.57 bits per heavy atom. The molecule has 2 rings (SSSR count). The van der Waals surface area contributed by atoms with Crippen molar-refractivity contribution in [3.8, 4) is 0 Å². The summed E-state index contributed by atoms with van der Waals surface area (Å²) in [5, 5.41) is 4.52. The third-order valence-corrected chi connectivity index (χ3v) is 3.58. The average molecular weight is 292 g/mol. The molecule has 0 atom stereocenters. The molecule has 0 N–H and O–H groups in total. The number of fused-ring (bicyclic) bond motifs is 1. The van der Waals surface area contributed by atoms with Crippen LogP contribution in [0.25, 0.3) is 11.0 Å². The summed E-state index contributed by atoms with van der Waals surface area (Å²) in [6.45, 7) is 4.20. The molecular weight excluding hydrogens is 272 g/mol. The summed E-state index contributed by atoms with van der Waals surface area (Å²) >= 11 is 0. The van der Waals surface area contributed by atoms with Crippen molar-refractivity contribution in [2.45, 2.75) is 46.2 Å². The lowest BCUT2D eigenvalue weighted by molar-refractivity contribution is -0.117. The van der Waals surface area contributed by atoms with Crippen LogP contribution in [0.5, 0.6) is 0 Å². The van der Waals surface area contributed by atoms with Gasteiger partial charge in [0.15, 0.2) is 0 Å². The monoisotopic (exact) mass is 292 g/mol. The molecule has 0 saturated carbocycles. The highest BCUT2D eigenvalue weighted by Crippen LogP contribution is 2.06. The van der Waals surface area contributed by atoms with Gasteiger partial charge in [0.05, 0.1) is 6.20 Å². The fourth-order valence-corrected chi connectivity index (χ4v) is 2.50. The van der Waals surface area contributed by atoms with Crippen LogP contribution in [-0.2, 0) is 24.9 Å². The molecule has 0 aliphatic heterocycles. The SMILES string of the molecule is CCn1c(=O)n(CCCCC(C)=O)c(=O)c2cnn(C)c21. The fraction of sp³-hybridized carbons (Fsp3) is 0.571. The first-order valence-electron chi connectivity index (χ1n) is 7.12. The zero-order chi connectivity index (χ0) is 15.6. The molecule has 7 heteroatoms. The van der Waals surface area contributed by atoms with Crippen LogP contribution in [0.1, 0.15) is 33.1 Å². The topological polar surface area (TPSA) is 78.9 Å². The molecule has 7 nitrogen and oxygen atoms in total. The van der Waals surface area contributed by atoms with E-state index in [-0.39, 0.29) is 17.0 Å².